The largest absolute Gasteiger partial charge is 0.454 e. The van der Waals surface area contributed by atoms with Gasteiger partial charge in [-0.3, -0.25) is 4.79 Å². The summed E-state index contributed by atoms with van der Waals surface area (Å²) in [4.78, 5) is 25.7. The SMILES string of the molecule is CN(Cc1ccc(Cl)c(Cl)c1)C(=O)COC(=O)c1ccc2c(c1)OCO2. The van der Waals surface area contributed by atoms with Gasteiger partial charge in [-0.2, -0.15) is 0 Å². The number of benzene rings is 2. The summed E-state index contributed by atoms with van der Waals surface area (Å²) < 4.78 is 15.5. The molecule has 0 aromatic heterocycles. The van der Waals surface area contributed by atoms with Gasteiger partial charge < -0.3 is 19.1 Å². The Hall–Kier alpha value is -2.44. The van der Waals surface area contributed by atoms with Gasteiger partial charge in [-0.05, 0) is 35.9 Å². The Balaban J connectivity index is 1.54. The molecule has 0 spiro atoms. The quantitative estimate of drug-likeness (QED) is 0.724. The normalized spacial score (nSPS) is 12.0. The molecule has 1 heterocycles. The maximum Gasteiger partial charge on any atom is 0.338 e. The number of likely N-dealkylation sites (N-methyl/N-ethyl adjacent to an activating group) is 1. The van der Waals surface area contributed by atoms with Crippen molar-refractivity contribution in [3.05, 3.63) is 57.6 Å². The summed E-state index contributed by atoms with van der Waals surface area (Å²) in [5.74, 6) is 0.0891. The summed E-state index contributed by atoms with van der Waals surface area (Å²) in [6.45, 7) is 0.0637. The van der Waals surface area contributed by atoms with Crippen LogP contribution >= 0.6 is 23.2 Å². The van der Waals surface area contributed by atoms with Crippen molar-refractivity contribution in [3.8, 4) is 11.5 Å². The predicted molar refractivity (Wildman–Crippen MR) is 95.8 cm³/mol. The fourth-order valence-electron chi connectivity index (χ4n) is 2.34. The molecule has 0 bridgehead atoms. The molecule has 1 aliphatic rings. The smallest absolute Gasteiger partial charge is 0.338 e. The monoisotopic (exact) mass is 395 g/mol. The molecule has 0 atom stereocenters. The van der Waals surface area contributed by atoms with Crippen LogP contribution in [0.4, 0.5) is 0 Å². The highest BCUT2D eigenvalue weighted by Gasteiger charge is 2.18. The zero-order valence-electron chi connectivity index (χ0n) is 13.8. The van der Waals surface area contributed by atoms with Crippen LogP contribution in [0.3, 0.4) is 0 Å². The van der Waals surface area contributed by atoms with Crippen molar-refractivity contribution >= 4 is 35.1 Å². The first-order chi connectivity index (χ1) is 12.4. The number of nitrogens with zero attached hydrogens (tertiary/aromatic N) is 1. The molecule has 0 fully saturated rings. The molecule has 0 radical (unpaired) electrons. The van der Waals surface area contributed by atoms with Gasteiger partial charge in [0.05, 0.1) is 15.6 Å². The van der Waals surface area contributed by atoms with Gasteiger partial charge in [0.2, 0.25) is 6.79 Å². The van der Waals surface area contributed by atoms with Crippen molar-refractivity contribution < 1.29 is 23.8 Å². The van der Waals surface area contributed by atoms with Crippen molar-refractivity contribution in [2.24, 2.45) is 0 Å². The molecule has 0 saturated carbocycles. The zero-order chi connectivity index (χ0) is 18.7. The fourth-order valence-corrected chi connectivity index (χ4v) is 2.67. The molecular weight excluding hydrogens is 381 g/mol. The molecule has 0 N–H and O–H groups in total. The number of rotatable bonds is 5. The Labute approximate surface area is 160 Å². The van der Waals surface area contributed by atoms with Crippen LogP contribution in [0.1, 0.15) is 15.9 Å². The first kappa shape index (κ1) is 18.4. The average molecular weight is 396 g/mol. The standard InChI is InChI=1S/C18H15Cl2NO5/c1-21(8-11-2-4-13(19)14(20)6-11)17(22)9-24-18(23)12-3-5-15-16(7-12)26-10-25-15/h2-7H,8-10H2,1H3. The van der Waals surface area contributed by atoms with Crippen LogP contribution in [0.2, 0.25) is 10.0 Å². The van der Waals surface area contributed by atoms with Gasteiger partial charge in [0.15, 0.2) is 18.1 Å². The second-order valence-corrected chi connectivity index (χ2v) is 6.46. The number of hydrogen-bond acceptors (Lipinski definition) is 5. The third kappa shape index (κ3) is 4.20. The van der Waals surface area contributed by atoms with Crippen LogP contribution in [0.5, 0.6) is 11.5 Å². The minimum Gasteiger partial charge on any atom is -0.454 e. The molecule has 3 rings (SSSR count). The van der Waals surface area contributed by atoms with E-state index in [2.05, 4.69) is 0 Å². The maximum atomic E-state index is 12.2. The Kier molecular flexibility index (Phi) is 5.54. The van der Waals surface area contributed by atoms with E-state index in [1.54, 1.807) is 37.4 Å². The number of halogens is 2. The fraction of sp³-hybridized carbons (Fsp3) is 0.222. The van der Waals surface area contributed by atoms with Crippen molar-refractivity contribution in [1.29, 1.82) is 0 Å². The lowest BCUT2D eigenvalue weighted by Gasteiger charge is -2.17. The number of ether oxygens (including phenoxy) is 3. The summed E-state index contributed by atoms with van der Waals surface area (Å²) >= 11 is 11.8. The van der Waals surface area contributed by atoms with Gasteiger partial charge in [0.25, 0.3) is 5.91 Å². The lowest BCUT2D eigenvalue weighted by atomic mass is 10.2. The number of carbonyl (C=O) groups excluding carboxylic acids is 2. The van der Waals surface area contributed by atoms with Crippen LogP contribution in [-0.2, 0) is 16.1 Å². The summed E-state index contributed by atoms with van der Waals surface area (Å²) in [6, 6.07) is 9.82. The lowest BCUT2D eigenvalue weighted by Crippen LogP contribution is -2.30. The maximum absolute atomic E-state index is 12.2. The molecule has 2 aromatic carbocycles. The molecule has 6 nitrogen and oxygen atoms in total. The molecule has 1 amide bonds. The first-order valence-electron chi connectivity index (χ1n) is 7.68. The van der Waals surface area contributed by atoms with E-state index in [4.69, 9.17) is 37.4 Å². The van der Waals surface area contributed by atoms with Gasteiger partial charge in [-0.25, -0.2) is 4.79 Å². The summed E-state index contributed by atoms with van der Waals surface area (Å²) in [5, 5.41) is 0.862. The van der Waals surface area contributed by atoms with Gasteiger partial charge >= 0.3 is 5.97 Å². The lowest BCUT2D eigenvalue weighted by molar-refractivity contribution is -0.133. The molecule has 0 unspecified atom stereocenters. The number of esters is 1. The molecule has 0 saturated heterocycles. The topological polar surface area (TPSA) is 65.1 Å². The Morgan fingerprint density at radius 1 is 1.08 bits per heavy atom. The highest BCUT2D eigenvalue weighted by Crippen LogP contribution is 2.32. The van der Waals surface area contributed by atoms with E-state index in [9.17, 15) is 9.59 Å². The van der Waals surface area contributed by atoms with Gasteiger partial charge in [-0.1, -0.05) is 29.3 Å². The molecule has 0 aliphatic carbocycles. The molecular formula is C18H15Cl2NO5. The molecule has 8 heteroatoms. The van der Waals surface area contributed by atoms with Crippen LogP contribution < -0.4 is 9.47 Å². The predicted octanol–water partition coefficient (Wildman–Crippen LogP) is 3.54. The second-order valence-electron chi connectivity index (χ2n) is 5.64. The van der Waals surface area contributed by atoms with Crippen LogP contribution in [-0.4, -0.2) is 37.2 Å². The highest BCUT2D eigenvalue weighted by atomic mass is 35.5. The number of amides is 1. The van der Waals surface area contributed by atoms with Crippen molar-refractivity contribution in [3.63, 3.8) is 0 Å². The van der Waals surface area contributed by atoms with E-state index >= 15 is 0 Å². The van der Waals surface area contributed by atoms with E-state index in [0.29, 0.717) is 28.1 Å². The zero-order valence-corrected chi connectivity index (χ0v) is 15.3. The molecule has 2 aromatic rings. The van der Waals surface area contributed by atoms with Crippen molar-refractivity contribution in [2.45, 2.75) is 6.54 Å². The minimum atomic E-state index is -0.611. The average Bonchev–Trinajstić information content (AvgIpc) is 3.10. The van der Waals surface area contributed by atoms with Gasteiger partial charge in [0, 0.05) is 13.6 Å². The van der Waals surface area contributed by atoms with E-state index in [1.807, 2.05) is 0 Å². The third-order valence-electron chi connectivity index (χ3n) is 3.76. The van der Waals surface area contributed by atoms with Gasteiger partial charge in [0.1, 0.15) is 0 Å². The van der Waals surface area contributed by atoms with E-state index in [1.165, 1.54) is 11.0 Å². The molecule has 1 aliphatic heterocycles. The molecule has 26 heavy (non-hydrogen) atoms. The van der Waals surface area contributed by atoms with Crippen LogP contribution in [0.15, 0.2) is 36.4 Å². The first-order valence-corrected chi connectivity index (χ1v) is 8.44. The summed E-state index contributed by atoms with van der Waals surface area (Å²) in [7, 11) is 1.61. The van der Waals surface area contributed by atoms with Crippen molar-refractivity contribution in [2.75, 3.05) is 20.4 Å². The number of hydrogen-bond donors (Lipinski definition) is 0. The third-order valence-corrected chi connectivity index (χ3v) is 4.50. The number of fused-ring (bicyclic) bond motifs is 1. The van der Waals surface area contributed by atoms with E-state index in [0.717, 1.165) is 5.56 Å². The van der Waals surface area contributed by atoms with E-state index in [-0.39, 0.29) is 24.9 Å². The summed E-state index contributed by atoms with van der Waals surface area (Å²) in [5.41, 5.74) is 1.10. The number of carbonyl (C=O) groups is 2. The second kappa shape index (κ2) is 7.85. The van der Waals surface area contributed by atoms with Crippen LogP contribution in [0, 0.1) is 0 Å². The minimum absolute atomic E-state index is 0.117. The Morgan fingerprint density at radius 3 is 2.62 bits per heavy atom. The highest BCUT2D eigenvalue weighted by molar-refractivity contribution is 6.42. The van der Waals surface area contributed by atoms with Crippen molar-refractivity contribution in [1.82, 2.24) is 4.90 Å². The van der Waals surface area contributed by atoms with Crippen LogP contribution in [0.25, 0.3) is 0 Å². The van der Waals surface area contributed by atoms with E-state index < -0.39 is 5.97 Å². The summed E-state index contributed by atoms with van der Waals surface area (Å²) in [6.07, 6.45) is 0. The Bertz CT molecular complexity index is 855. The van der Waals surface area contributed by atoms with Gasteiger partial charge in [-0.15, -0.1) is 0 Å². The molecule has 136 valence electrons. The Morgan fingerprint density at radius 2 is 1.85 bits per heavy atom.